The van der Waals surface area contributed by atoms with Gasteiger partial charge in [0.05, 0.1) is 11.3 Å². The Morgan fingerprint density at radius 1 is 1.53 bits per heavy atom. The molecule has 0 saturated heterocycles. The van der Waals surface area contributed by atoms with Gasteiger partial charge in [-0.25, -0.2) is 9.78 Å². The third kappa shape index (κ3) is 5.42. The number of aromatic nitrogens is 1. The van der Waals surface area contributed by atoms with Gasteiger partial charge in [0.1, 0.15) is 5.60 Å². The quantitative estimate of drug-likeness (QED) is 0.508. The Morgan fingerprint density at radius 2 is 2.21 bits per heavy atom. The zero-order chi connectivity index (χ0) is 14.5. The maximum atomic E-state index is 12.2. The van der Waals surface area contributed by atoms with E-state index in [0.717, 1.165) is 19.3 Å². The van der Waals surface area contributed by atoms with Crippen LogP contribution in [0.3, 0.4) is 0 Å². The van der Waals surface area contributed by atoms with Crippen molar-refractivity contribution in [1.29, 1.82) is 0 Å². The molecule has 1 aromatic rings. The van der Waals surface area contributed by atoms with Gasteiger partial charge in [-0.1, -0.05) is 25.8 Å². The van der Waals surface area contributed by atoms with Crippen molar-refractivity contribution in [1.82, 2.24) is 4.98 Å². The van der Waals surface area contributed by atoms with Crippen LogP contribution in [0.1, 0.15) is 52.7 Å². The molecular weight excluding hydrogens is 260 g/mol. The number of ether oxygens (including phenoxy) is 1. The molecule has 0 saturated carbocycles. The van der Waals surface area contributed by atoms with Gasteiger partial charge in [-0.2, -0.15) is 0 Å². The van der Waals surface area contributed by atoms with E-state index in [1.165, 1.54) is 11.3 Å². The Kier molecular flexibility index (Phi) is 5.54. The highest BCUT2D eigenvalue weighted by Gasteiger charge is 2.22. The van der Waals surface area contributed by atoms with Gasteiger partial charge in [0.2, 0.25) is 0 Å². The Balaban J connectivity index is 2.93. The number of nitrogen functional groups attached to an aromatic ring is 1. The van der Waals surface area contributed by atoms with E-state index in [2.05, 4.69) is 11.9 Å². The maximum Gasteiger partial charge on any atom is 0.340 e. The first-order valence-corrected chi connectivity index (χ1v) is 7.36. The molecule has 0 aliphatic carbocycles. The molecule has 0 fully saturated rings. The lowest BCUT2D eigenvalue weighted by molar-refractivity contribution is -0.147. The van der Waals surface area contributed by atoms with E-state index in [1.807, 2.05) is 26.8 Å². The summed E-state index contributed by atoms with van der Waals surface area (Å²) in [5.74, 6) is -0.339. The van der Waals surface area contributed by atoms with Gasteiger partial charge >= 0.3 is 5.97 Å². The van der Waals surface area contributed by atoms with E-state index in [0.29, 0.717) is 16.4 Å². The second-order valence-electron chi connectivity index (χ2n) is 5.33. The van der Waals surface area contributed by atoms with Crippen molar-refractivity contribution in [3.05, 3.63) is 17.2 Å². The molecule has 1 rings (SSSR count). The highest BCUT2D eigenvalue weighted by Crippen LogP contribution is 2.23. The molecule has 0 radical (unpaired) electrons. The van der Waals surface area contributed by atoms with Gasteiger partial charge in [-0.05, 0) is 27.2 Å². The van der Waals surface area contributed by atoms with Crippen molar-refractivity contribution in [3.63, 3.8) is 0 Å². The number of hydrogen-bond donors (Lipinski definition) is 1. The average Bonchev–Trinajstić information content (AvgIpc) is 2.68. The fraction of sp³-hybridized carbons (Fsp3) is 0.571. The summed E-state index contributed by atoms with van der Waals surface area (Å²) < 4.78 is 5.41. The van der Waals surface area contributed by atoms with Crippen LogP contribution >= 0.6 is 11.3 Å². The van der Waals surface area contributed by atoms with Gasteiger partial charge in [-0.3, -0.25) is 0 Å². The van der Waals surface area contributed by atoms with Crippen LogP contribution in [0.2, 0.25) is 0 Å². The second kappa shape index (κ2) is 6.70. The number of hydrogen-bond acceptors (Lipinski definition) is 5. The number of carbonyl (C=O) groups excluding carboxylic acids is 1. The van der Waals surface area contributed by atoms with Crippen LogP contribution in [0.15, 0.2) is 11.5 Å². The SMILES string of the molecule is CCCCC=C(C(=O)OC(C)(C)C)c1csc(N)n1. The van der Waals surface area contributed by atoms with Crippen LogP contribution in [0.4, 0.5) is 5.13 Å². The average molecular weight is 282 g/mol. The predicted octanol–water partition coefficient (Wildman–Crippen LogP) is 3.64. The summed E-state index contributed by atoms with van der Waals surface area (Å²) in [6.07, 6.45) is 4.85. The molecule has 0 atom stereocenters. The summed E-state index contributed by atoms with van der Waals surface area (Å²) in [7, 11) is 0. The second-order valence-corrected chi connectivity index (χ2v) is 6.22. The Labute approximate surface area is 118 Å². The Hall–Kier alpha value is -1.36. The minimum Gasteiger partial charge on any atom is -0.456 e. The van der Waals surface area contributed by atoms with E-state index in [9.17, 15) is 4.79 Å². The summed E-state index contributed by atoms with van der Waals surface area (Å²) in [4.78, 5) is 16.4. The summed E-state index contributed by atoms with van der Waals surface area (Å²) in [6.45, 7) is 7.67. The molecule has 2 N–H and O–H groups in total. The number of allylic oxidation sites excluding steroid dienone is 1. The molecule has 19 heavy (non-hydrogen) atoms. The van der Waals surface area contributed by atoms with Crippen LogP contribution < -0.4 is 5.73 Å². The molecule has 4 nitrogen and oxygen atoms in total. The predicted molar refractivity (Wildman–Crippen MR) is 79.9 cm³/mol. The summed E-state index contributed by atoms with van der Waals surface area (Å²) in [5, 5.41) is 2.25. The standard InChI is InChI=1S/C14H22N2O2S/c1-5-6-7-8-10(11-9-19-13(15)16-11)12(17)18-14(2,3)4/h8-9H,5-7H2,1-4H3,(H2,15,16). The molecule has 0 aliphatic heterocycles. The van der Waals surface area contributed by atoms with Crippen molar-refractivity contribution in [2.24, 2.45) is 0 Å². The normalized spacial score (nSPS) is 12.5. The van der Waals surface area contributed by atoms with Crippen molar-refractivity contribution in [2.75, 3.05) is 5.73 Å². The van der Waals surface area contributed by atoms with Crippen LogP contribution in [0.25, 0.3) is 5.57 Å². The van der Waals surface area contributed by atoms with Gasteiger partial charge in [0.25, 0.3) is 0 Å². The Bertz CT molecular complexity index is 458. The van der Waals surface area contributed by atoms with Crippen molar-refractivity contribution >= 4 is 28.0 Å². The molecule has 0 bridgehead atoms. The molecule has 1 aromatic heterocycles. The number of nitrogens with zero attached hydrogens (tertiary/aromatic N) is 1. The van der Waals surface area contributed by atoms with Crippen LogP contribution in [-0.2, 0) is 9.53 Å². The summed E-state index contributed by atoms with van der Waals surface area (Å²) in [5.41, 5.74) is 6.23. The lowest BCUT2D eigenvalue weighted by Crippen LogP contribution is -2.24. The zero-order valence-electron chi connectivity index (χ0n) is 12.0. The third-order valence-corrected chi connectivity index (χ3v) is 3.00. The largest absolute Gasteiger partial charge is 0.456 e. The van der Waals surface area contributed by atoms with Crippen molar-refractivity contribution in [2.45, 2.75) is 52.6 Å². The summed E-state index contributed by atoms with van der Waals surface area (Å²) >= 11 is 1.33. The number of carbonyl (C=O) groups is 1. The number of nitrogens with two attached hydrogens (primary N) is 1. The molecule has 0 unspecified atom stereocenters. The molecule has 1 heterocycles. The monoisotopic (exact) mass is 282 g/mol. The smallest absolute Gasteiger partial charge is 0.340 e. The molecule has 0 aromatic carbocycles. The van der Waals surface area contributed by atoms with E-state index in [4.69, 9.17) is 10.5 Å². The first-order valence-electron chi connectivity index (χ1n) is 6.48. The van der Waals surface area contributed by atoms with E-state index in [-0.39, 0.29) is 5.97 Å². The first-order chi connectivity index (χ1) is 8.83. The lowest BCUT2D eigenvalue weighted by atomic mass is 10.1. The highest BCUT2D eigenvalue weighted by molar-refractivity contribution is 7.13. The van der Waals surface area contributed by atoms with E-state index >= 15 is 0 Å². The molecule has 5 heteroatoms. The number of unbranched alkanes of at least 4 members (excludes halogenated alkanes) is 2. The molecule has 0 spiro atoms. The summed E-state index contributed by atoms with van der Waals surface area (Å²) in [6, 6.07) is 0. The van der Waals surface area contributed by atoms with E-state index < -0.39 is 5.60 Å². The molecule has 0 amide bonds. The highest BCUT2D eigenvalue weighted by atomic mass is 32.1. The Morgan fingerprint density at radius 3 is 2.68 bits per heavy atom. The van der Waals surface area contributed by atoms with Crippen molar-refractivity contribution in [3.8, 4) is 0 Å². The van der Waals surface area contributed by atoms with Crippen LogP contribution in [0, 0.1) is 0 Å². The molecule has 106 valence electrons. The topological polar surface area (TPSA) is 65.2 Å². The third-order valence-electron chi connectivity index (χ3n) is 2.32. The molecular formula is C14H22N2O2S. The number of esters is 1. The number of thiazole rings is 1. The van der Waals surface area contributed by atoms with Gasteiger partial charge in [0.15, 0.2) is 5.13 Å². The maximum absolute atomic E-state index is 12.2. The fourth-order valence-corrected chi connectivity index (χ4v) is 2.05. The number of anilines is 1. The number of rotatable bonds is 5. The fourth-order valence-electron chi connectivity index (χ4n) is 1.49. The minimum atomic E-state index is -0.511. The van der Waals surface area contributed by atoms with Crippen molar-refractivity contribution < 1.29 is 9.53 Å². The van der Waals surface area contributed by atoms with Gasteiger partial charge in [-0.15, -0.1) is 11.3 Å². The van der Waals surface area contributed by atoms with Gasteiger partial charge in [0, 0.05) is 5.38 Å². The zero-order valence-corrected chi connectivity index (χ0v) is 12.8. The minimum absolute atomic E-state index is 0.339. The first kappa shape index (κ1) is 15.7. The van der Waals surface area contributed by atoms with Crippen LogP contribution in [0.5, 0.6) is 0 Å². The lowest BCUT2D eigenvalue weighted by Gasteiger charge is -2.20. The van der Waals surface area contributed by atoms with E-state index in [1.54, 1.807) is 5.38 Å². The van der Waals surface area contributed by atoms with Gasteiger partial charge < -0.3 is 10.5 Å². The van der Waals surface area contributed by atoms with Crippen LogP contribution in [-0.4, -0.2) is 16.6 Å². The molecule has 0 aliphatic rings.